The number of carbonyl (C=O) groups excluding carboxylic acids is 3. The molecule has 18 heteroatoms. The van der Waals surface area contributed by atoms with Crippen LogP contribution in [0, 0.1) is 6.92 Å². The number of esters is 1. The van der Waals surface area contributed by atoms with E-state index >= 15 is 0 Å². The number of aromatic hydroxyl groups is 2. The topological polar surface area (TPSA) is 216 Å². The van der Waals surface area contributed by atoms with E-state index in [9.17, 15) is 33.0 Å². The molecule has 4 heterocycles. The van der Waals surface area contributed by atoms with Crippen LogP contribution in [0.15, 0.2) is 23.1 Å². The van der Waals surface area contributed by atoms with Gasteiger partial charge in [0, 0.05) is 19.2 Å². The molecule has 2 aliphatic rings. The predicted octanol–water partition coefficient (Wildman–Crippen LogP) is 0.723. The van der Waals surface area contributed by atoms with Crippen LogP contribution in [0.4, 0.5) is 22.7 Å². The molecule has 2 amide bonds. The van der Waals surface area contributed by atoms with Crippen molar-refractivity contribution >= 4 is 61.9 Å². The fraction of sp³-hybridized carbons (Fsp3) is 0.304. The number of aryl methyl sites for hydroxylation is 1. The number of nitrogens with zero attached hydrogens (tertiary/aromatic N) is 5. The second-order valence-electron chi connectivity index (χ2n) is 8.79. The number of hydrogen-bond acceptors (Lipinski definition) is 15. The summed E-state index contributed by atoms with van der Waals surface area (Å²) in [6.45, 7) is 3.78. The molecule has 0 spiro atoms. The Bertz CT molecular complexity index is 1680. The Labute approximate surface area is 237 Å². The Morgan fingerprint density at radius 3 is 2.73 bits per heavy atom. The first-order valence-corrected chi connectivity index (χ1v) is 14.4. The number of phenols is 2. The maximum absolute atomic E-state index is 13.0. The molecule has 0 aliphatic carbocycles. The van der Waals surface area contributed by atoms with Crippen molar-refractivity contribution in [3.8, 4) is 11.5 Å². The lowest BCUT2D eigenvalue weighted by molar-refractivity contribution is -0.120. The molecule has 2 aromatic heterocycles. The van der Waals surface area contributed by atoms with Gasteiger partial charge in [-0.2, -0.15) is 9.97 Å². The Hall–Kier alpha value is -4.71. The zero-order chi connectivity index (χ0) is 29.5. The maximum Gasteiger partial charge on any atom is 0.350 e. The number of anilines is 4. The standard InChI is InChI=1S/C23H24N8O8S2/c1-3-39-21(36)19-11(2)26-23(40-19)29-22-27-14(8-15(28-22)30-7-6-24-16(33)9-30)25-10-31-20(35)17-13(41(31,37)38)5-4-12(32)18(17)34/h4-5,8,32,34H,3,6-7,9-10H2,1-2H3,(H,24,33)(H2,25,26,27,28,29). The molecule has 1 fully saturated rings. The van der Waals surface area contributed by atoms with Gasteiger partial charge in [-0.25, -0.2) is 22.5 Å². The highest BCUT2D eigenvalue weighted by atomic mass is 32.2. The molecule has 5 rings (SSSR count). The van der Waals surface area contributed by atoms with Crippen LogP contribution in [0.5, 0.6) is 11.5 Å². The predicted molar refractivity (Wildman–Crippen MR) is 145 cm³/mol. The lowest BCUT2D eigenvalue weighted by Crippen LogP contribution is -2.48. The highest BCUT2D eigenvalue weighted by Crippen LogP contribution is 2.40. The number of ether oxygens (including phenoxy) is 1. The number of aromatic nitrogens is 3. The minimum Gasteiger partial charge on any atom is -0.504 e. The Kier molecular flexibility index (Phi) is 7.26. The Balaban J connectivity index is 1.44. The fourth-order valence-corrected chi connectivity index (χ4v) is 6.47. The SMILES string of the molecule is CCOC(=O)c1sc(Nc2nc(NCN3C(=O)c4c(ccc(O)c4O)S3(=O)=O)cc(N3CCNC(=O)C3)n2)nc1C. The highest BCUT2D eigenvalue weighted by molar-refractivity contribution is 7.90. The van der Waals surface area contributed by atoms with Crippen LogP contribution in [0.1, 0.15) is 32.6 Å². The van der Waals surface area contributed by atoms with Gasteiger partial charge in [0.25, 0.3) is 15.9 Å². The van der Waals surface area contributed by atoms with Crippen molar-refractivity contribution in [1.29, 1.82) is 0 Å². The number of sulfonamides is 1. The average Bonchev–Trinajstić information content (AvgIpc) is 3.38. The van der Waals surface area contributed by atoms with Crippen molar-refractivity contribution in [3.63, 3.8) is 0 Å². The van der Waals surface area contributed by atoms with Crippen LogP contribution in [0.3, 0.4) is 0 Å². The van der Waals surface area contributed by atoms with Crippen LogP contribution < -0.4 is 20.9 Å². The third-order valence-corrected chi connectivity index (χ3v) is 8.91. The number of fused-ring (bicyclic) bond motifs is 1. The molecule has 2 aliphatic heterocycles. The molecular weight excluding hydrogens is 580 g/mol. The molecule has 3 aromatic rings. The van der Waals surface area contributed by atoms with Crippen LogP contribution in [-0.4, -0.2) is 88.6 Å². The zero-order valence-electron chi connectivity index (χ0n) is 21.7. The molecule has 16 nitrogen and oxygen atoms in total. The maximum atomic E-state index is 13.0. The molecule has 5 N–H and O–H groups in total. The summed E-state index contributed by atoms with van der Waals surface area (Å²) >= 11 is 1.03. The van der Waals surface area contributed by atoms with Gasteiger partial charge < -0.3 is 30.5 Å². The molecule has 0 atom stereocenters. The van der Waals surface area contributed by atoms with Crippen LogP contribution in [-0.2, 0) is 19.6 Å². The van der Waals surface area contributed by atoms with Crippen molar-refractivity contribution in [2.45, 2.75) is 18.7 Å². The molecule has 0 saturated carbocycles. The van der Waals surface area contributed by atoms with E-state index in [1.807, 2.05) is 0 Å². The summed E-state index contributed by atoms with van der Waals surface area (Å²) in [5.41, 5.74) is -0.0989. The molecule has 0 bridgehead atoms. The summed E-state index contributed by atoms with van der Waals surface area (Å²) in [4.78, 5) is 51.8. The lowest BCUT2D eigenvalue weighted by Gasteiger charge is -2.28. The highest BCUT2D eigenvalue weighted by Gasteiger charge is 2.44. The van der Waals surface area contributed by atoms with Crippen molar-refractivity contribution in [2.75, 3.05) is 48.4 Å². The monoisotopic (exact) mass is 604 g/mol. The number of amides is 2. The summed E-state index contributed by atoms with van der Waals surface area (Å²) in [5.74, 6) is -2.82. The van der Waals surface area contributed by atoms with E-state index < -0.39 is 50.5 Å². The van der Waals surface area contributed by atoms with Crippen LogP contribution >= 0.6 is 11.3 Å². The quantitative estimate of drug-likeness (QED) is 0.177. The Morgan fingerprint density at radius 1 is 1.22 bits per heavy atom. The van der Waals surface area contributed by atoms with Crippen molar-refractivity contribution < 1.29 is 37.8 Å². The second kappa shape index (κ2) is 10.7. The number of thiazole rings is 1. The zero-order valence-corrected chi connectivity index (χ0v) is 23.3. The molecule has 1 saturated heterocycles. The van der Waals surface area contributed by atoms with E-state index in [1.165, 1.54) is 6.07 Å². The lowest BCUT2D eigenvalue weighted by atomic mass is 10.1. The molecular formula is C23H24N8O8S2. The number of carbonyl (C=O) groups is 3. The van der Waals surface area contributed by atoms with E-state index in [0.29, 0.717) is 33.8 Å². The minimum absolute atomic E-state index is 0.0102. The first-order valence-electron chi connectivity index (χ1n) is 12.2. The molecule has 41 heavy (non-hydrogen) atoms. The molecule has 216 valence electrons. The molecule has 0 unspecified atom stereocenters. The summed E-state index contributed by atoms with van der Waals surface area (Å²) in [7, 11) is -4.34. The van der Waals surface area contributed by atoms with Gasteiger partial charge in [-0.15, -0.1) is 0 Å². The largest absolute Gasteiger partial charge is 0.504 e. The van der Waals surface area contributed by atoms with E-state index in [-0.39, 0.29) is 36.0 Å². The number of rotatable bonds is 8. The molecule has 1 aromatic carbocycles. The first kappa shape index (κ1) is 27.8. The second-order valence-corrected chi connectivity index (χ2v) is 11.6. The van der Waals surface area contributed by atoms with Crippen molar-refractivity contribution in [3.05, 3.63) is 34.3 Å². The number of hydrogen-bond donors (Lipinski definition) is 5. The third-order valence-electron chi connectivity index (χ3n) is 6.08. The minimum atomic E-state index is -4.34. The van der Waals surface area contributed by atoms with Gasteiger partial charge in [0.2, 0.25) is 11.9 Å². The summed E-state index contributed by atoms with van der Waals surface area (Å²) in [6, 6.07) is 3.49. The number of phenolic OH excluding ortho intramolecular Hbond substituents is 2. The fourth-order valence-electron chi connectivity index (χ4n) is 4.15. The normalized spacial score (nSPS) is 15.9. The van der Waals surface area contributed by atoms with E-state index in [2.05, 4.69) is 30.9 Å². The van der Waals surface area contributed by atoms with Gasteiger partial charge in [-0.1, -0.05) is 11.3 Å². The number of piperazine rings is 1. The molecule has 0 radical (unpaired) electrons. The van der Waals surface area contributed by atoms with Crippen molar-refractivity contribution in [2.24, 2.45) is 0 Å². The van der Waals surface area contributed by atoms with E-state index in [4.69, 9.17) is 4.74 Å². The smallest absolute Gasteiger partial charge is 0.350 e. The first-order chi connectivity index (χ1) is 19.5. The van der Waals surface area contributed by atoms with E-state index in [1.54, 1.807) is 18.7 Å². The number of benzene rings is 1. The van der Waals surface area contributed by atoms with Crippen LogP contribution in [0.2, 0.25) is 0 Å². The third kappa shape index (κ3) is 5.25. The van der Waals surface area contributed by atoms with E-state index in [0.717, 1.165) is 23.5 Å². The van der Waals surface area contributed by atoms with Crippen molar-refractivity contribution in [1.82, 2.24) is 24.6 Å². The Morgan fingerprint density at radius 2 is 2.00 bits per heavy atom. The van der Waals surface area contributed by atoms with Crippen LogP contribution in [0.25, 0.3) is 0 Å². The van der Waals surface area contributed by atoms with Gasteiger partial charge >= 0.3 is 5.97 Å². The van der Waals surface area contributed by atoms with Gasteiger partial charge in [0.1, 0.15) is 33.6 Å². The van der Waals surface area contributed by atoms with Gasteiger partial charge in [-0.3, -0.25) is 14.9 Å². The number of nitrogens with one attached hydrogen (secondary N) is 3. The van der Waals surface area contributed by atoms with Gasteiger partial charge in [-0.05, 0) is 26.0 Å². The average molecular weight is 605 g/mol. The summed E-state index contributed by atoms with van der Waals surface area (Å²) < 4.78 is 31.6. The van der Waals surface area contributed by atoms with Gasteiger partial charge in [0.15, 0.2) is 16.6 Å². The van der Waals surface area contributed by atoms with Gasteiger partial charge in [0.05, 0.1) is 18.8 Å². The summed E-state index contributed by atoms with van der Waals surface area (Å²) in [6.07, 6.45) is 0. The summed E-state index contributed by atoms with van der Waals surface area (Å²) in [5, 5.41) is 28.6.